The zero-order valence-electron chi connectivity index (χ0n) is 12.3. The number of nitrogens with one attached hydrogen (secondary N) is 1. The van der Waals surface area contributed by atoms with Crippen molar-refractivity contribution in [2.75, 3.05) is 6.54 Å². The van der Waals surface area contributed by atoms with Gasteiger partial charge in [-0.05, 0) is 44.0 Å². The second kappa shape index (κ2) is 7.01. The van der Waals surface area contributed by atoms with Crippen LogP contribution >= 0.6 is 0 Å². The minimum absolute atomic E-state index is 0.387. The highest BCUT2D eigenvalue weighted by Crippen LogP contribution is 2.23. The van der Waals surface area contributed by atoms with Crippen LogP contribution in [0.15, 0.2) is 30.6 Å². The van der Waals surface area contributed by atoms with Gasteiger partial charge in [0.05, 0.1) is 0 Å². The van der Waals surface area contributed by atoms with Crippen molar-refractivity contribution in [3.8, 4) is 11.8 Å². The van der Waals surface area contributed by atoms with E-state index in [1.54, 1.807) is 12.4 Å². The molecule has 4 heteroatoms. The lowest BCUT2D eigenvalue weighted by Gasteiger charge is -2.08. The minimum Gasteiger partial charge on any atom is -0.424 e. The number of nitrogens with zero attached hydrogens (tertiary/aromatic N) is 2. The van der Waals surface area contributed by atoms with E-state index in [2.05, 4.69) is 28.3 Å². The quantitative estimate of drug-likeness (QED) is 0.818. The second-order valence-electron chi connectivity index (χ2n) is 4.92. The van der Waals surface area contributed by atoms with Crippen LogP contribution in [0.2, 0.25) is 0 Å². The van der Waals surface area contributed by atoms with Gasteiger partial charge in [0, 0.05) is 24.5 Å². The Balaban J connectivity index is 2.01. The van der Waals surface area contributed by atoms with Gasteiger partial charge in [0.1, 0.15) is 5.75 Å². The van der Waals surface area contributed by atoms with E-state index in [1.807, 2.05) is 26.0 Å². The molecule has 0 bridgehead atoms. The molecular formula is C16H21N3O. The normalized spacial score (nSPS) is 10.6. The maximum absolute atomic E-state index is 5.73. The van der Waals surface area contributed by atoms with Gasteiger partial charge < -0.3 is 10.1 Å². The predicted molar refractivity (Wildman–Crippen MR) is 80.0 cm³/mol. The van der Waals surface area contributed by atoms with Crippen molar-refractivity contribution in [3.63, 3.8) is 0 Å². The lowest BCUT2D eigenvalue weighted by atomic mass is 10.1. The molecule has 0 atom stereocenters. The third-order valence-corrected chi connectivity index (χ3v) is 2.98. The summed E-state index contributed by atoms with van der Waals surface area (Å²) in [5.41, 5.74) is 3.30. The van der Waals surface area contributed by atoms with Gasteiger partial charge >= 0.3 is 6.01 Å². The summed E-state index contributed by atoms with van der Waals surface area (Å²) in [7, 11) is 0. The first-order valence-electron chi connectivity index (χ1n) is 6.96. The third kappa shape index (κ3) is 4.03. The zero-order valence-corrected chi connectivity index (χ0v) is 12.3. The highest BCUT2D eigenvalue weighted by Gasteiger charge is 2.04. The fourth-order valence-electron chi connectivity index (χ4n) is 1.81. The van der Waals surface area contributed by atoms with Crippen molar-refractivity contribution in [2.24, 2.45) is 0 Å². The summed E-state index contributed by atoms with van der Waals surface area (Å²) in [6, 6.07) is 6.48. The van der Waals surface area contributed by atoms with Crippen LogP contribution in [-0.2, 0) is 6.54 Å². The van der Waals surface area contributed by atoms with Gasteiger partial charge in [-0.25, -0.2) is 9.97 Å². The number of rotatable bonds is 6. The molecule has 0 saturated heterocycles. The molecule has 2 aromatic rings. The summed E-state index contributed by atoms with van der Waals surface area (Å²) >= 11 is 0. The molecule has 4 nitrogen and oxygen atoms in total. The van der Waals surface area contributed by atoms with Crippen molar-refractivity contribution in [3.05, 3.63) is 47.3 Å². The summed E-state index contributed by atoms with van der Waals surface area (Å²) in [5.74, 6) is 0.807. The van der Waals surface area contributed by atoms with Gasteiger partial charge in [-0.3, -0.25) is 0 Å². The van der Waals surface area contributed by atoms with Crippen molar-refractivity contribution in [1.82, 2.24) is 15.3 Å². The molecule has 0 saturated carbocycles. The Morgan fingerprint density at radius 3 is 2.60 bits per heavy atom. The van der Waals surface area contributed by atoms with Crippen LogP contribution in [-0.4, -0.2) is 16.5 Å². The Kier molecular flexibility index (Phi) is 5.07. The lowest BCUT2D eigenvalue weighted by molar-refractivity contribution is 0.437. The molecule has 0 spiro atoms. The topological polar surface area (TPSA) is 47.0 Å². The molecule has 0 amide bonds. The monoisotopic (exact) mass is 271 g/mol. The Labute approximate surface area is 120 Å². The number of hydrogen-bond acceptors (Lipinski definition) is 4. The first-order chi connectivity index (χ1) is 9.69. The maximum Gasteiger partial charge on any atom is 0.321 e. The number of aryl methyl sites for hydroxylation is 2. The molecule has 0 aliphatic heterocycles. The predicted octanol–water partition coefficient (Wildman–Crippen LogP) is 3.39. The molecule has 0 unspecified atom stereocenters. The van der Waals surface area contributed by atoms with E-state index >= 15 is 0 Å². The standard InChI is InChI=1S/C16H21N3O/c1-4-7-17-9-14-10-18-16(19-11-14)20-15-8-12(2)5-6-13(15)3/h5-6,8,10-11,17H,4,7,9H2,1-3H3. The Morgan fingerprint density at radius 2 is 1.90 bits per heavy atom. The van der Waals surface area contributed by atoms with Gasteiger partial charge in [-0.2, -0.15) is 0 Å². The lowest BCUT2D eigenvalue weighted by Crippen LogP contribution is -2.14. The summed E-state index contributed by atoms with van der Waals surface area (Å²) in [4.78, 5) is 8.50. The zero-order chi connectivity index (χ0) is 14.4. The van der Waals surface area contributed by atoms with Gasteiger partial charge in [-0.1, -0.05) is 19.1 Å². The molecule has 106 valence electrons. The average Bonchev–Trinajstić information content (AvgIpc) is 2.45. The van der Waals surface area contributed by atoms with Gasteiger partial charge in [0.25, 0.3) is 0 Å². The van der Waals surface area contributed by atoms with Crippen LogP contribution in [0.4, 0.5) is 0 Å². The van der Waals surface area contributed by atoms with E-state index in [4.69, 9.17) is 4.74 Å². The Bertz CT molecular complexity index is 552. The molecular weight excluding hydrogens is 250 g/mol. The molecule has 2 rings (SSSR count). The van der Waals surface area contributed by atoms with Crippen LogP contribution in [0.1, 0.15) is 30.0 Å². The molecule has 0 aliphatic carbocycles. The van der Waals surface area contributed by atoms with E-state index in [0.717, 1.165) is 42.0 Å². The second-order valence-corrected chi connectivity index (χ2v) is 4.92. The summed E-state index contributed by atoms with van der Waals surface area (Å²) in [6.07, 6.45) is 4.72. The summed E-state index contributed by atoms with van der Waals surface area (Å²) < 4.78 is 5.73. The molecule has 1 aromatic heterocycles. The van der Waals surface area contributed by atoms with Crippen LogP contribution in [0.5, 0.6) is 11.8 Å². The van der Waals surface area contributed by atoms with E-state index in [-0.39, 0.29) is 0 Å². The van der Waals surface area contributed by atoms with E-state index < -0.39 is 0 Å². The molecule has 0 aliphatic rings. The Morgan fingerprint density at radius 1 is 1.15 bits per heavy atom. The van der Waals surface area contributed by atoms with Gasteiger partial charge in [-0.15, -0.1) is 0 Å². The van der Waals surface area contributed by atoms with E-state index in [1.165, 1.54) is 0 Å². The van der Waals surface area contributed by atoms with E-state index in [9.17, 15) is 0 Å². The Hall–Kier alpha value is -1.94. The van der Waals surface area contributed by atoms with Crippen LogP contribution in [0.25, 0.3) is 0 Å². The van der Waals surface area contributed by atoms with Crippen LogP contribution in [0.3, 0.4) is 0 Å². The SMILES string of the molecule is CCCNCc1cnc(Oc2cc(C)ccc2C)nc1. The first kappa shape index (κ1) is 14.5. The van der Waals surface area contributed by atoms with E-state index in [0.29, 0.717) is 6.01 Å². The van der Waals surface area contributed by atoms with Crippen molar-refractivity contribution in [2.45, 2.75) is 33.7 Å². The maximum atomic E-state index is 5.73. The molecule has 0 radical (unpaired) electrons. The van der Waals surface area contributed by atoms with Crippen molar-refractivity contribution in [1.29, 1.82) is 0 Å². The number of aromatic nitrogens is 2. The first-order valence-corrected chi connectivity index (χ1v) is 6.96. The number of ether oxygens (including phenoxy) is 1. The smallest absolute Gasteiger partial charge is 0.321 e. The fraction of sp³-hybridized carbons (Fsp3) is 0.375. The van der Waals surface area contributed by atoms with Gasteiger partial charge in [0.2, 0.25) is 0 Å². The molecule has 1 aromatic carbocycles. The highest BCUT2D eigenvalue weighted by molar-refractivity contribution is 5.37. The molecule has 1 heterocycles. The summed E-state index contributed by atoms with van der Waals surface area (Å²) in [6.45, 7) is 7.98. The van der Waals surface area contributed by atoms with Crippen molar-refractivity contribution >= 4 is 0 Å². The summed E-state index contributed by atoms with van der Waals surface area (Å²) in [5, 5.41) is 3.32. The third-order valence-electron chi connectivity index (χ3n) is 2.98. The largest absolute Gasteiger partial charge is 0.424 e. The van der Waals surface area contributed by atoms with Crippen LogP contribution < -0.4 is 10.1 Å². The highest BCUT2D eigenvalue weighted by atomic mass is 16.5. The molecule has 20 heavy (non-hydrogen) atoms. The molecule has 0 fully saturated rings. The fourth-order valence-corrected chi connectivity index (χ4v) is 1.81. The minimum atomic E-state index is 0.387. The molecule has 1 N–H and O–H groups in total. The average molecular weight is 271 g/mol. The number of benzene rings is 1. The van der Waals surface area contributed by atoms with Crippen LogP contribution in [0, 0.1) is 13.8 Å². The van der Waals surface area contributed by atoms with Crippen molar-refractivity contribution < 1.29 is 4.74 Å². The number of hydrogen-bond donors (Lipinski definition) is 1. The van der Waals surface area contributed by atoms with Gasteiger partial charge in [0.15, 0.2) is 0 Å².